The van der Waals surface area contributed by atoms with Gasteiger partial charge in [0.05, 0.1) is 0 Å². The zero-order chi connectivity index (χ0) is 13.4. The third kappa shape index (κ3) is 2.36. The molecule has 1 aromatic heterocycles. The topological polar surface area (TPSA) is 59.5 Å². The molecule has 1 saturated heterocycles. The highest BCUT2D eigenvalue weighted by Gasteiger charge is 2.28. The Hall–Kier alpha value is -1.81. The fraction of sp³-hybridized carbons (Fsp3) is 0.400. The molecule has 3 rings (SSSR count). The molecular formula is C15H18N2O2. The van der Waals surface area contributed by atoms with Gasteiger partial charge in [-0.15, -0.1) is 0 Å². The van der Waals surface area contributed by atoms with Gasteiger partial charge in [-0.3, -0.25) is 4.79 Å². The van der Waals surface area contributed by atoms with Crippen molar-refractivity contribution in [2.45, 2.75) is 19.4 Å². The van der Waals surface area contributed by atoms with Crippen molar-refractivity contribution in [1.82, 2.24) is 4.90 Å². The van der Waals surface area contributed by atoms with Crippen LogP contribution in [0.1, 0.15) is 23.9 Å². The molecule has 1 fully saturated rings. The third-order valence-corrected chi connectivity index (χ3v) is 3.62. The van der Waals surface area contributed by atoms with Crippen LogP contribution in [-0.2, 0) is 0 Å². The van der Waals surface area contributed by atoms with Crippen LogP contribution in [0.25, 0.3) is 11.0 Å². The molecule has 0 radical (unpaired) electrons. The van der Waals surface area contributed by atoms with Crippen molar-refractivity contribution in [3.8, 4) is 0 Å². The van der Waals surface area contributed by atoms with Crippen LogP contribution in [0.4, 0.5) is 0 Å². The fourth-order valence-corrected chi connectivity index (χ4v) is 2.81. The summed E-state index contributed by atoms with van der Waals surface area (Å²) in [5, 5.41) is 0.959. The van der Waals surface area contributed by atoms with Gasteiger partial charge in [0.15, 0.2) is 5.76 Å². The number of hydrogen-bond donors (Lipinski definition) is 1. The second-order valence-electron chi connectivity index (χ2n) is 5.46. The average Bonchev–Trinajstić information content (AvgIpc) is 2.80. The maximum atomic E-state index is 12.4. The highest BCUT2D eigenvalue weighted by molar-refractivity contribution is 5.96. The summed E-state index contributed by atoms with van der Waals surface area (Å²) in [6, 6.07) is 9.53. The minimum atomic E-state index is -0.0572. The Morgan fingerprint density at radius 1 is 1.37 bits per heavy atom. The number of para-hydroxylation sites is 1. The van der Waals surface area contributed by atoms with E-state index in [4.69, 9.17) is 10.2 Å². The van der Waals surface area contributed by atoms with E-state index >= 15 is 0 Å². The van der Waals surface area contributed by atoms with E-state index < -0.39 is 0 Å². The van der Waals surface area contributed by atoms with Gasteiger partial charge in [-0.05, 0) is 24.5 Å². The first-order valence-corrected chi connectivity index (χ1v) is 6.67. The molecule has 100 valence electrons. The van der Waals surface area contributed by atoms with Crippen LogP contribution in [0, 0.1) is 5.92 Å². The van der Waals surface area contributed by atoms with E-state index in [-0.39, 0.29) is 11.9 Å². The van der Waals surface area contributed by atoms with Crippen LogP contribution < -0.4 is 5.73 Å². The van der Waals surface area contributed by atoms with Gasteiger partial charge in [-0.2, -0.15) is 0 Å². The first-order chi connectivity index (χ1) is 9.13. The number of carbonyl (C=O) groups excluding carboxylic acids is 1. The second-order valence-corrected chi connectivity index (χ2v) is 5.46. The maximum Gasteiger partial charge on any atom is 0.289 e. The predicted octanol–water partition coefficient (Wildman–Crippen LogP) is 2.24. The van der Waals surface area contributed by atoms with Crippen molar-refractivity contribution in [2.24, 2.45) is 11.7 Å². The van der Waals surface area contributed by atoms with Crippen LogP contribution in [0.15, 0.2) is 34.7 Å². The maximum absolute atomic E-state index is 12.4. The van der Waals surface area contributed by atoms with Gasteiger partial charge in [0.1, 0.15) is 5.58 Å². The molecule has 2 aromatic rings. The number of likely N-dealkylation sites (tertiary alicyclic amines) is 1. The number of piperidine rings is 1. The van der Waals surface area contributed by atoms with Gasteiger partial charge in [0, 0.05) is 24.5 Å². The Morgan fingerprint density at radius 3 is 2.89 bits per heavy atom. The number of carbonyl (C=O) groups is 1. The summed E-state index contributed by atoms with van der Waals surface area (Å²) in [7, 11) is 0. The summed E-state index contributed by atoms with van der Waals surface area (Å²) in [6.45, 7) is 3.49. The molecule has 4 heteroatoms. The molecule has 1 aliphatic rings. The first kappa shape index (κ1) is 12.2. The van der Waals surface area contributed by atoms with E-state index in [1.807, 2.05) is 30.3 Å². The highest BCUT2D eigenvalue weighted by Crippen LogP contribution is 2.22. The van der Waals surface area contributed by atoms with E-state index in [2.05, 4.69) is 6.92 Å². The smallest absolute Gasteiger partial charge is 0.289 e. The van der Waals surface area contributed by atoms with E-state index in [1.165, 1.54) is 0 Å². The van der Waals surface area contributed by atoms with Gasteiger partial charge in [-0.1, -0.05) is 25.1 Å². The summed E-state index contributed by atoms with van der Waals surface area (Å²) >= 11 is 0. The molecule has 19 heavy (non-hydrogen) atoms. The summed E-state index contributed by atoms with van der Waals surface area (Å²) < 4.78 is 5.62. The number of nitrogens with zero attached hydrogens (tertiary/aromatic N) is 1. The molecule has 2 unspecified atom stereocenters. The number of nitrogens with two attached hydrogens (primary N) is 1. The van der Waals surface area contributed by atoms with Gasteiger partial charge in [-0.25, -0.2) is 0 Å². The minimum Gasteiger partial charge on any atom is -0.451 e. The summed E-state index contributed by atoms with van der Waals surface area (Å²) in [4.78, 5) is 14.2. The number of rotatable bonds is 1. The molecule has 0 spiro atoms. The Morgan fingerprint density at radius 2 is 2.16 bits per heavy atom. The lowest BCUT2D eigenvalue weighted by atomic mass is 9.96. The number of fused-ring (bicyclic) bond motifs is 1. The van der Waals surface area contributed by atoms with Crippen molar-refractivity contribution in [2.75, 3.05) is 13.1 Å². The van der Waals surface area contributed by atoms with Gasteiger partial charge >= 0.3 is 0 Å². The lowest BCUT2D eigenvalue weighted by molar-refractivity contribution is 0.0631. The summed E-state index contributed by atoms with van der Waals surface area (Å²) in [5.41, 5.74) is 6.73. The standard InChI is InChI=1S/C15H18N2O2/c1-10-6-12(16)9-17(8-10)15(18)14-7-11-4-2-3-5-13(11)19-14/h2-5,7,10,12H,6,8-9,16H2,1H3. The Kier molecular flexibility index (Phi) is 3.03. The SMILES string of the molecule is CC1CC(N)CN(C(=O)c2cc3ccccc3o2)C1. The van der Waals surface area contributed by atoms with Crippen molar-refractivity contribution >= 4 is 16.9 Å². The molecule has 2 N–H and O–H groups in total. The largest absolute Gasteiger partial charge is 0.451 e. The van der Waals surface area contributed by atoms with E-state index in [0.717, 1.165) is 23.9 Å². The molecule has 1 amide bonds. The summed E-state index contributed by atoms with van der Waals surface area (Å²) in [5.74, 6) is 0.790. The normalized spacial score (nSPS) is 23.8. The molecule has 2 heterocycles. The van der Waals surface area contributed by atoms with Crippen molar-refractivity contribution < 1.29 is 9.21 Å². The first-order valence-electron chi connectivity index (χ1n) is 6.67. The average molecular weight is 258 g/mol. The molecule has 2 atom stereocenters. The summed E-state index contributed by atoms with van der Waals surface area (Å²) in [6.07, 6.45) is 0.976. The van der Waals surface area contributed by atoms with Crippen molar-refractivity contribution in [1.29, 1.82) is 0 Å². The second kappa shape index (κ2) is 4.70. The third-order valence-electron chi connectivity index (χ3n) is 3.62. The molecule has 1 aromatic carbocycles. The Balaban J connectivity index is 1.86. The molecule has 0 saturated carbocycles. The number of hydrogen-bond acceptors (Lipinski definition) is 3. The minimum absolute atomic E-state index is 0.0572. The van der Waals surface area contributed by atoms with Gasteiger partial charge in [0.25, 0.3) is 5.91 Å². The van der Waals surface area contributed by atoms with Crippen LogP contribution >= 0.6 is 0 Å². The molecule has 4 nitrogen and oxygen atoms in total. The Bertz CT molecular complexity index is 562. The van der Waals surface area contributed by atoms with Crippen LogP contribution in [-0.4, -0.2) is 29.9 Å². The van der Waals surface area contributed by atoms with Crippen LogP contribution in [0.2, 0.25) is 0 Å². The molecule has 0 aliphatic carbocycles. The van der Waals surface area contributed by atoms with E-state index in [0.29, 0.717) is 18.2 Å². The lowest BCUT2D eigenvalue weighted by Crippen LogP contribution is -2.48. The number of amides is 1. The molecule has 1 aliphatic heterocycles. The van der Waals surface area contributed by atoms with Crippen molar-refractivity contribution in [3.05, 3.63) is 36.1 Å². The highest BCUT2D eigenvalue weighted by atomic mass is 16.3. The van der Waals surface area contributed by atoms with Crippen LogP contribution in [0.3, 0.4) is 0 Å². The van der Waals surface area contributed by atoms with Crippen LogP contribution in [0.5, 0.6) is 0 Å². The van der Waals surface area contributed by atoms with E-state index in [9.17, 15) is 4.79 Å². The lowest BCUT2D eigenvalue weighted by Gasteiger charge is -2.34. The number of furan rings is 1. The predicted molar refractivity (Wildman–Crippen MR) is 73.9 cm³/mol. The zero-order valence-corrected chi connectivity index (χ0v) is 11.0. The Labute approximate surface area is 112 Å². The van der Waals surface area contributed by atoms with Gasteiger partial charge < -0.3 is 15.1 Å². The van der Waals surface area contributed by atoms with Gasteiger partial charge in [0.2, 0.25) is 0 Å². The molecular weight excluding hydrogens is 240 g/mol. The van der Waals surface area contributed by atoms with E-state index in [1.54, 1.807) is 4.90 Å². The quantitative estimate of drug-likeness (QED) is 0.853. The fourth-order valence-electron chi connectivity index (χ4n) is 2.81. The zero-order valence-electron chi connectivity index (χ0n) is 11.0. The molecule has 0 bridgehead atoms. The van der Waals surface area contributed by atoms with Crippen molar-refractivity contribution in [3.63, 3.8) is 0 Å². The number of benzene rings is 1. The monoisotopic (exact) mass is 258 g/mol.